The lowest BCUT2D eigenvalue weighted by molar-refractivity contribution is 0.222. The van der Waals surface area contributed by atoms with Crippen LogP contribution >= 0.6 is 0 Å². The Labute approximate surface area is 113 Å². The molecule has 0 saturated carbocycles. The first-order chi connectivity index (χ1) is 9.28. The molecule has 0 saturated heterocycles. The van der Waals surface area contributed by atoms with Gasteiger partial charge in [0.15, 0.2) is 0 Å². The summed E-state index contributed by atoms with van der Waals surface area (Å²) in [5.41, 5.74) is 4.38. The summed E-state index contributed by atoms with van der Waals surface area (Å²) in [6, 6.07) is 15.9. The molecule has 0 fully saturated rings. The molecule has 0 amide bonds. The fourth-order valence-electron chi connectivity index (χ4n) is 2.52. The van der Waals surface area contributed by atoms with Crippen molar-refractivity contribution in [3.8, 4) is 5.75 Å². The summed E-state index contributed by atoms with van der Waals surface area (Å²) in [5, 5.41) is 10.3. The van der Waals surface area contributed by atoms with E-state index < -0.39 is 6.10 Å². The molecule has 2 nitrogen and oxygen atoms in total. The van der Waals surface area contributed by atoms with Gasteiger partial charge in [0, 0.05) is 0 Å². The first-order valence-corrected chi connectivity index (χ1v) is 6.38. The molecule has 0 aliphatic heterocycles. The van der Waals surface area contributed by atoms with Crippen molar-refractivity contribution in [1.82, 2.24) is 0 Å². The van der Waals surface area contributed by atoms with Gasteiger partial charge in [0.2, 0.25) is 0 Å². The van der Waals surface area contributed by atoms with Crippen LogP contribution in [0.25, 0.3) is 6.08 Å². The molecule has 0 radical (unpaired) electrons. The van der Waals surface area contributed by atoms with Crippen molar-refractivity contribution < 1.29 is 9.84 Å². The molecule has 1 aliphatic rings. The summed E-state index contributed by atoms with van der Waals surface area (Å²) >= 11 is 0. The first-order valence-electron chi connectivity index (χ1n) is 6.38. The van der Waals surface area contributed by atoms with Crippen molar-refractivity contribution in [3.63, 3.8) is 0 Å². The van der Waals surface area contributed by atoms with Crippen molar-refractivity contribution in [2.24, 2.45) is 0 Å². The maximum atomic E-state index is 10.3. The smallest absolute Gasteiger partial charge is 0.118 e. The highest BCUT2D eigenvalue weighted by molar-refractivity contribution is 5.60. The summed E-state index contributed by atoms with van der Waals surface area (Å²) in [5.74, 6) is 0.845. The highest BCUT2D eigenvalue weighted by atomic mass is 16.5. The van der Waals surface area contributed by atoms with Crippen LogP contribution in [0.1, 0.15) is 22.8 Å². The number of benzene rings is 2. The fraction of sp³-hybridized carbons (Fsp3) is 0.176. The van der Waals surface area contributed by atoms with Gasteiger partial charge < -0.3 is 9.84 Å². The molecule has 96 valence electrons. The molecule has 2 heteroatoms. The zero-order chi connectivity index (χ0) is 13.2. The van der Waals surface area contributed by atoms with Gasteiger partial charge in [-0.05, 0) is 40.8 Å². The summed E-state index contributed by atoms with van der Waals surface area (Å²) in [6.45, 7) is 0. The van der Waals surface area contributed by atoms with E-state index >= 15 is 0 Å². The van der Waals surface area contributed by atoms with Crippen molar-refractivity contribution >= 4 is 6.08 Å². The SMILES string of the molecule is COc1ccc(/C=C2/Cc3ccccc3C2O)cc1. The standard InChI is InChI=1S/C17H16O2/c1-19-15-8-6-12(7-9-15)10-14-11-13-4-2-3-5-16(13)17(14)18/h2-10,17-18H,11H2,1H3/b14-10-. The Balaban J connectivity index is 1.89. The van der Waals surface area contributed by atoms with Gasteiger partial charge in [0.1, 0.15) is 11.9 Å². The van der Waals surface area contributed by atoms with Crippen LogP contribution in [-0.2, 0) is 6.42 Å². The van der Waals surface area contributed by atoms with Crippen LogP contribution in [0.5, 0.6) is 5.75 Å². The van der Waals surface area contributed by atoms with Gasteiger partial charge >= 0.3 is 0 Å². The third kappa shape index (κ3) is 2.27. The minimum atomic E-state index is -0.474. The normalized spacial score (nSPS) is 19.5. The van der Waals surface area contributed by atoms with E-state index in [0.29, 0.717) is 0 Å². The molecule has 3 rings (SSSR count). The van der Waals surface area contributed by atoms with E-state index in [1.54, 1.807) is 7.11 Å². The van der Waals surface area contributed by atoms with Crippen molar-refractivity contribution in [2.45, 2.75) is 12.5 Å². The number of rotatable bonds is 2. The van der Waals surface area contributed by atoms with Gasteiger partial charge in [-0.3, -0.25) is 0 Å². The number of fused-ring (bicyclic) bond motifs is 1. The van der Waals surface area contributed by atoms with Crippen LogP contribution in [-0.4, -0.2) is 12.2 Å². The molecule has 19 heavy (non-hydrogen) atoms. The quantitative estimate of drug-likeness (QED) is 0.888. The lowest BCUT2D eigenvalue weighted by Crippen LogP contribution is -1.93. The summed E-state index contributed by atoms with van der Waals surface area (Å²) in [6.07, 6.45) is 2.41. The maximum Gasteiger partial charge on any atom is 0.118 e. The van der Waals surface area contributed by atoms with E-state index in [0.717, 1.165) is 28.9 Å². The molecule has 0 heterocycles. The number of aliphatic hydroxyl groups excluding tert-OH is 1. The van der Waals surface area contributed by atoms with Crippen LogP contribution in [0.15, 0.2) is 54.1 Å². The van der Waals surface area contributed by atoms with E-state index in [9.17, 15) is 5.11 Å². The predicted molar refractivity (Wildman–Crippen MR) is 76.1 cm³/mol. The minimum absolute atomic E-state index is 0.474. The van der Waals surface area contributed by atoms with Gasteiger partial charge in [-0.2, -0.15) is 0 Å². The number of aliphatic hydroxyl groups is 1. The topological polar surface area (TPSA) is 29.5 Å². The second-order valence-corrected chi connectivity index (χ2v) is 4.77. The largest absolute Gasteiger partial charge is 0.497 e. The molecule has 1 N–H and O–H groups in total. The second kappa shape index (κ2) is 4.90. The maximum absolute atomic E-state index is 10.3. The molecule has 2 aromatic rings. The Morgan fingerprint density at radius 3 is 2.53 bits per heavy atom. The summed E-state index contributed by atoms with van der Waals surface area (Å²) in [7, 11) is 1.66. The molecule has 0 spiro atoms. The van der Waals surface area contributed by atoms with Gasteiger partial charge in [-0.25, -0.2) is 0 Å². The van der Waals surface area contributed by atoms with Crippen LogP contribution in [0.3, 0.4) is 0 Å². The van der Waals surface area contributed by atoms with Crippen LogP contribution in [0, 0.1) is 0 Å². The third-order valence-electron chi connectivity index (χ3n) is 3.56. The van der Waals surface area contributed by atoms with E-state index in [1.807, 2.05) is 42.5 Å². The highest BCUT2D eigenvalue weighted by Gasteiger charge is 2.24. The number of hydrogen-bond donors (Lipinski definition) is 1. The van der Waals surface area contributed by atoms with Gasteiger partial charge in [0.05, 0.1) is 7.11 Å². The van der Waals surface area contributed by atoms with Crippen LogP contribution in [0.4, 0.5) is 0 Å². The summed E-state index contributed by atoms with van der Waals surface area (Å²) in [4.78, 5) is 0. The van der Waals surface area contributed by atoms with Crippen molar-refractivity contribution in [3.05, 3.63) is 70.8 Å². The average Bonchev–Trinajstić information content (AvgIpc) is 2.77. The molecule has 1 atom stereocenters. The Bertz CT molecular complexity index is 611. The minimum Gasteiger partial charge on any atom is -0.497 e. The van der Waals surface area contributed by atoms with Crippen molar-refractivity contribution in [1.29, 1.82) is 0 Å². The van der Waals surface area contributed by atoms with Crippen LogP contribution < -0.4 is 4.74 Å². The Kier molecular flexibility index (Phi) is 3.10. The lowest BCUT2D eigenvalue weighted by atomic mass is 10.1. The highest BCUT2D eigenvalue weighted by Crippen LogP contribution is 2.36. The Hall–Kier alpha value is -2.06. The molecular formula is C17H16O2. The van der Waals surface area contributed by atoms with Crippen molar-refractivity contribution in [2.75, 3.05) is 7.11 Å². The van der Waals surface area contributed by atoms with E-state index in [-0.39, 0.29) is 0 Å². The Morgan fingerprint density at radius 2 is 1.84 bits per heavy atom. The number of ether oxygens (including phenoxy) is 1. The van der Waals surface area contributed by atoms with E-state index in [1.165, 1.54) is 5.56 Å². The summed E-state index contributed by atoms with van der Waals surface area (Å²) < 4.78 is 5.14. The number of hydrogen-bond acceptors (Lipinski definition) is 2. The Morgan fingerprint density at radius 1 is 1.11 bits per heavy atom. The zero-order valence-electron chi connectivity index (χ0n) is 10.8. The zero-order valence-corrected chi connectivity index (χ0v) is 10.8. The lowest BCUT2D eigenvalue weighted by Gasteiger charge is -2.06. The van der Waals surface area contributed by atoms with Gasteiger partial charge in [-0.15, -0.1) is 0 Å². The molecule has 1 aliphatic carbocycles. The van der Waals surface area contributed by atoms with Gasteiger partial charge in [0.25, 0.3) is 0 Å². The number of methoxy groups -OCH3 is 1. The molecule has 1 unspecified atom stereocenters. The second-order valence-electron chi connectivity index (χ2n) is 4.77. The molecule has 0 bridgehead atoms. The van der Waals surface area contributed by atoms with E-state index in [2.05, 4.69) is 12.1 Å². The predicted octanol–water partition coefficient (Wildman–Crippen LogP) is 3.37. The fourth-order valence-corrected chi connectivity index (χ4v) is 2.52. The first kappa shape index (κ1) is 12.0. The van der Waals surface area contributed by atoms with Crippen LogP contribution in [0.2, 0.25) is 0 Å². The van der Waals surface area contributed by atoms with E-state index in [4.69, 9.17) is 4.74 Å². The third-order valence-corrected chi connectivity index (χ3v) is 3.56. The molecular weight excluding hydrogens is 236 g/mol. The molecule has 2 aromatic carbocycles. The average molecular weight is 252 g/mol. The molecule has 0 aromatic heterocycles. The van der Waals surface area contributed by atoms with Gasteiger partial charge in [-0.1, -0.05) is 42.5 Å². The monoisotopic (exact) mass is 252 g/mol.